The number of amides is 1. The van der Waals surface area contributed by atoms with Crippen molar-refractivity contribution in [3.8, 4) is 11.5 Å². The van der Waals surface area contributed by atoms with Crippen LogP contribution in [0.5, 0.6) is 11.5 Å². The lowest BCUT2D eigenvalue weighted by Gasteiger charge is -2.10. The van der Waals surface area contributed by atoms with E-state index in [1.54, 1.807) is 41.3 Å². The monoisotopic (exact) mass is 418 g/mol. The Morgan fingerprint density at radius 1 is 1.19 bits per heavy atom. The molecule has 0 fully saturated rings. The van der Waals surface area contributed by atoms with E-state index in [0.29, 0.717) is 18.1 Å². The van der Waals surface area contributed by atoms with Crippen LogP contribution < -0.4 is 10.1 Å². The number of rotatable bonds is 7. The van der Waals surface area contributed by atoms with Gasteiger partial charge in [-0.1, -0.05) is 18.2 Å². The van der Waals surface area contributed by atoms with Crippen LogP contribution in [0.15, 0.2) is 77.5 Å². The molecule has 0 unspecified atom stereocenters. The molecule has 2 aromatic heterocycles. The third kappa shape index (κ3) is 4.78. The second-order valence-electron chi connectivity index (χ2n) is 6.76. The normalized spacial score (nSPS) is 10.6. The summed E-state index contributed by atoms with van der Waals surface area (Å²) in [5, 5.41) is 18.1. The first kappa shape index (κ1) is 19.9. The fourth-order valence-electron chi connectivity index (χ4n) is 2.95. The summed E-state index contributed by atoms with van der Waals surface area (Å²) in [6.07, 6.45) is 3.43. The number of nitrogens with one attached hydrogen (secondary N) is 1. The first-order valence-corrected chi connectivity index (χ1v) is 9.38. The van der Waals surface area contributed by atoms with Gasteiger partial charge in [0.05, 0.1) is 23.2 Å². The van der Waals surface area contributed by atoms with Crippen LogP contribution >= 0.6 is 0 Å². The van der Waals surface area contributed by atoms with E-state index in [9.17, 15) is 14.9 Å². The number of carbonyl (C=O) groups excluding carboxylic acids is 1. The third-order valence-electron chi connectivity index (χ3n) is 4.44. The highest BCUT2D eigenvalue weighted by Gasteiger charge is 2.16. The molecular formula is C22H18N4O5. The number of benzene rings is 2. The van der Waals surface area contributed by atoms with Gasteiger partial charge in [-0.05, 0) is 36.8 Å². The van der Waals surface area contributed by atoms with Crippen LogP contribution in [0.3, 0.4) is 0 Å². The van der Waals surface area contributed by atoms with Gasteiger partial charge in [-0.3, -0.25) is 19.6 Å². The number of furan rings is 1. The van der Waals surface area contributed by atoms with Gasteiger partial charge < -0.3 is 14.5 Å². The van der Waals surface area contributed by atoms with Gasteiger partial charge in [0.2, 0.25) is 0 Å². The summed E-state index contributed by atoms with van der Waals surface area (Å²) < 4.78 is 13.0. The Balaban J connectivity index is 1.54. The fraction of sp³-hybridized carbons (Fsp3) is 0.0909. The number of aryl methyl sites for hydroxylation is 1. The highest BCUT2D eigenvalue weighted by molar-refractivity contribution is 6.02. The van der Waals surface area contributed by atoms with Crippen molar-refractivity contribution in [1.29, 1.82) is 0 Å². The van der Waals surface area contributed by atoms with Crippen LogP contribution in [0.25, 0.3) is 0 Å². The van der Waals surface area contributed by atoms with E-state index in [-0.39, 0.29) is 22.9 Å². The number of non-ortho nitro benzene ring substituents is 1. The van der Waals surface area contributed by atoms with Crippen LogP contribution in [-0.4, -0.2) is 20.6 Å². The molecule has 0 aliphatic rings. The zero-order valence-electron chi connectivity index (χ0n) is 16.5. The highest BCUT2D eigenvalue weighted by Crippen LogP contribution is 2.31. The van der Waals surface area contributed by atoms with Crippen molar-refractivity contribution in [2.45, 2.75) is 13.5 Å². The predicted molar refractivity (Wildman–Crippen MR) is 112 cm³/mol. The smallest absolute Gasteiger partial charge is 0.291 e. The van der Waals surface area contributed by atoms with Crippen molar-refractivity contribution in [2.24, 2.45) is 0 Å². The van der Waals surface area contributed by atoms with Gasteiger partial charge in [-0.2, -0.15) is 5.10 Å². The maximum Gasteiger partial charge on any atom is 0.291 e. The molecule has 0 aliphatic heterocycles. The number of hydrogen-bond acceptors (Lipinski definition) is 6. The summed E-state index contributed by atoms with van der Waals surface area (Å²) in [6.45, 7) is 2.25. The molecule has 0 saturated heterocycles. The molecule has 156 valence electrons. The van der Waals surface area contributed by atoms with Gasteiger partial charge in [0.15, 0.2) is 5.76 Å². The quantitative estimate of drug-likeness (QED) is 0.341. The van der Waals surface area contributed by atoms with E-state index in [2.05, 4.69) is 10.4 Å². The number of carbonyl (C=O) groups is 1. The van der Waals surface area contributed by atoms with E-state index in [0.717, 1.165) is 5.56 Å². The van der Waals surface area contributed by atoms with Crippen LogP contribution in [0.4, 0.5) is 11.4 Å². The first-order chi connectivity index (χ1) is 15.0. The lowest BCUT2D eigenvalue weighted by molar-refractivity contribution is -0.384. The van der Waals surface area contributed by atoms with Gasteiger partial charge in [-0.15, -0.1) is 0 Å². The Hall–Kier alpha value is -4.40. The molecule has 1 amide bonds. The van der Waals surface area contributed by atoms with E-state index >= 15 is 0 Å². The Kier molecular flexibility index (Phi) is 5.48. The van der Waals surface area contributed by atoms with E-state index < -0.39 is 10.8 Å². The summed E-state index contributed by atoms with van der Waals surface area (Å²) in [4.78, 5) is 23.4. The standard InChI is InChI=1S/C22H18N4O5/c1-15-5-2-3-6-20(15)31-19-12-16(11-17(13-19)26(28)29)24-22(27)21-8-7-18(30-21)14-25-10-4-9-23-25/h2-13H,14H2,1H3,(H,24,27). The molecule has 9 heteroatoms. The molecule has 2 aromatic carbocycles. The Morgan fingerprint density at radius 2 is 2.03 bits per heavy atom. The van der Waals surface area contributed by atoms with E-state index in [4.69, 9.17) is 9.15 Å². The molecule has 0 spiro atoms. The van der Waals surface area contributed by atoms with Gasteiger partial charge in [-0.25, -0.2) is 0 Å². The topological polar surface area (TPSA) is 112 Å². The van der Waals surface area contributed by atoms with Crippen LogP contribution in [0.2, 0.25) is 0 Å². The molecule has 1 N–H and O–H groups in total. The van der Waals surface area contributed by atoms with Crippen molar-refractivity contribution < 1.29 is 18.9 Å². The third-order valence-corrected chi connectivity index (χ3v) is 4.44. The number of nitro benzene ring substituents is 1. The zero-order chi connectivity index (χ0) is 21.8. The van der Waals surface area contributed by atoms with Crippen LogP contribution in [0.1, 0.15) is 21.9 Å². The average molecular weight is 418 g/mol. The number of aromatic nitrogens is 2. The maximum absolute atomic E-state index is 12.6. The van der Waals surface area contributed by atoms with E-state index in [1.807, 2.05) is 19.1 Å². The second kappa shape index (κ2) is 8.54. The van der Waals surface area contributed by atoms with Crippen molar-refractivity contribution in [3.05, 3.63) is 100 Å². The number of nitrogens with zero attached hydrogens (tertiary/aromatic N) is 3. The summed E-state index contributed by atoms with van der Waals surface area (Å²) in [6, 6.07) is 16.4. The number of anilines is 1. The Bertz CT molecular complexity index is 1230. The Morgan fingerprint density at radius 3 is 2.77 bits per heavy atom. The predicted octanol–water partition coefficient (Wildman–Crippen LogP) is 4.79. The number of nitro groups is 1. The second-order valence-corrected chi connectivity index (χ2v) is 6.76. The van der Waals surface area contributed by atoms with Crippen molar-refractivity contribution >= 4 is 17.3 Å². The van der Waals surface area contributed by atoms with Gasteiger partial charge in [0.25, 0.3) is 11.6 Å². The van der Waals surface area contributed by atoms with Crippen molar-refractivity contribution in [2.75, 3.05) is 5.32 Å². The molecular weight excluding hydrogens is 400 g/mol. The highest BCUT2D eigenvalue weighted by atomic mass is 16.6. The van der Waals surface area contributed by atoms with Gasteiger partial charge in [0, 0.05) is 24.5 Å². The minimum atomic E-state index is -0.546. The van der Waals surface area contributed by atoms with Crippen LogP contribution in [0, 0.1) is 17.0 Å². The number of para-hydroxylation sites is 1. The minimum Gasteiger partial charge on any atom is -0.457 e. The molecule has 2 heterocycles. The maximum atomic E-state index is 12.6. The molecule has 9 nitrogen and oxygen atoms in total. The van der Waals surface area contributed by atoms with Crippen molar-refractivity contribution in [3.63, 3.8) is 0 Å². The summed E-state index contributed by atoms with van der Waals surface area (Å²) >= 11 is 0. The zero-order valence-corrected chi connectivity index (χ0v) is 16.5. The number of ether oxygens (including phenoxy) is 1. The molecule has 0 atom stereocenters. The average Bonchev–Trinajstić information content (AvgIpc) is 3.42. The largest absolute Gasteiger partial charge is 0.457 e. The lowest BCUT2D eigenvalue weighted by atomic mass is 10.2. The summed E-state index contributed by atoms with van der Waals surface area (Å²) in [5.74, 6) is 0.896. The minimum absolute atomic E-state index is 0.0787. The van der Waals surface area contributed by atoms with E-state index in [1.165, 1.54) is 24.3 Å². The molecule has 0 bridgehead atoms. The fourth-order valence-corrected chi connectivity index (χ4v) is 2.95. The van der Waals surface area contributed by atoms with Crippen molar-refractivity contribution in [1.82, 2.24) is 9.78 Å². The lowest BCUT2D eigenvalue weighted by Crippen LogP contribution is -2.11. The molecule has 4 aromatic rings. The Labute approximate surface area is 177 Å². The molecule has 0 aliphatic carbocycles. The SMILES string of the molecule is Cc1ccccc1Oc1cc(NC(=O)c2ccc(Cn3cccn3)o2)cc([N+](=O)[O-])c1. The summed E-state index contributed by atoms with van der Waals surface area (Å²) in [7, 11) is 0. The summed E-state index contributed by atoms with van der Waals surface area (Å²) in [5.41, 5.74) is 0.882. The van der Waals surface area contributed by atoms with Gasteiger partial charge in [0.1, 0.15) is 17.3 Å². The van der Waals surface area contributed by atoms with Gasteiger partial charge >= 0.3 is 0 Å². The number of hydrogen-bond donors (Lipinski definition) is 1. The molecule has 31 heavy (non-hydrogen) atoms. The molecule has 4 rings (SSSR count). The first-order valence-electron chi connectivity index (χ1n) is 9.38. The van der Waals surface area contributed by atoms with Crippen LogP contribution in [-0.2, 0) is 6.54 Å². The molecule has 0 saturated carbocycles. The molecule has 0 radical (unpaired) electrons.